The number of rotatable bonds is 3. The predicted molar refractivity (Wildman–Crippen MR) is 75.6 cm³/mol. The first-order valence-corrected chi connectivity index (χ1v) is 6.20. The van der Waals surface area contributed by atoms with Crippen molar-refractivity contribution in [1.29, 1.82) is 0 Å². The third-order valence-corrected chi connectivity index (χ3v) is 2.75. The first kappa shape index (κ1) is 14.5. The van der Waals surface area contributed by atoms with Crippen LogP contribution in [0.25, 0.3) is 5.57 Å². The molecule has 0 heterocycles. The molecule has 0 radical (unpaired) electrons. The maximum Gasteiger partial charge on any atom is 0.328 e. The maximum absolute atomic E-state index is 11.0. The fourth-order valence-corrected chi connectivity index (χ4v) is 2.12. The highest BCUT2D eigenvalue weighted by Gasteiger charge is 2.16. The van der Waals surface area contributed by atoms with Gasteiger partial charge in [-0.2, -0.15) is 0 Å². The topological polar surface area (TPSA) is 37.3 Å². The lowest BCUT2D eigenvalue weighted by Crippen LogP contribution is -2.08. The van der Waals surface area contributed by atoms with E-state index in [4.69, 9.17) is 5.11 Å². The molecule has 1 rings (SSSR count). The molecule has 0 spiro atoms. The summed E-state index contributed by atoms with van der Waals surface area (Å²) in [5, 5.41) is 9.01. The van der Waals surface area contributed by atoms with Gasteiger partial charge in [0, 0.05) is 6.08 Å². The molecular formula is C16H22O2. The van der Waals surface area contributed by atoms with E-state index in [1.54, 1.807) is 0 Å². The Morgan fingerprint density at radius 2 is 1.89 bits per heavy atom. The Balaban J connectivity index is 3.22. The first-order valence-electron chi connectivity index (χ1n) is 6.20. The molecule has 2 heteroatoms. The van der Waals surface area contributed by atoms with E-state index in [1.165, 1.54) is 11.6 Å². The first-order chi connectivity index (χ1) is 8.19. The molecule has 0 amide bonds. The standard InChI is InChI=1S/C16H22O2/c1-11-6-7-14(12(2)8-11)13(9-15(17)18)10-16(3,4)5/h6-9H,10H2,1-5H3,(H,17,18)/b13-9-. The Morgan fingerprint density at radius 3 is 2.33 bits per heavy atom. The Bertz CT molecular complexity index is 476. The van der Waals surface area contributed by atoms with Crippen LogP contribution in [0, 0.1) is 19.3 Å². The number of aliphatic carboxylic acids is 1. The summed E-state index contributed by atoms with van der Waals surface area (Å²) in [6, 6.07) is 6.14. The van der Waals surface area contributed by atoms with Crippen molar-refractivity contribution in [1.82, 2.24) is 0 Å². The third-order valence-electron chi connectivity index (χ3n) is 2.75. The molecule has 0 atom stereocenters. The SMILES string of the molecule is Cc1ccc(/C(=C\C(=O)O)CC(C)(C)C)c(C)c1. The number of hydrogen-bond acceptors (Lipinski definition) is 1. The molecule has 0 aromatic heterocycles. The van der Waals surface area contributed by atoms with Gasteiger partial charge in [-0.15, -0.1) is 0 Å². The van der Waals surface area contributed by atoms with Crippen molar-refractivity contribution in [3.8, 4) is 0 Å². The van der Waals surface area contributed by atoms with Gasteiger partial charge in [-0.3, -0.25) is 0 Å². The van der Waals surface area contributed by atoms with Gasteiger partial charge >= 0.3 is 5.97 Å². The summed E-state index contributed by atoms with van der Waals surface area (Å²) in [5.74, 6) is -0.880. The van der Waals surface area contributed by atoms with Crippen LogP contribution < -0.4 is 0 Å². The van der Waals surface area contributed by atoms with Gasteiger partial charge in [-0.05, 0) is 42.4 Å². The predicted octanol–water partition coefficient (Wildman–Crippen LogP) is 4.21. The fraction of sp³-hybridized carbons (Fsp3) is 0.438. The van der Waals surface area contributed by atoms with Crippen LogP contribution in [-0.4, -0.2) is 11.1 Å². The molecule has 0 saturated carbocycles. The zero-order valence-corrected chi connectivity index (χ0v) is 11.9. The second kappa shape index (κ2) is 5.38. The summed E-state index contributed by atoms with van der Waals surface area (Å²) < 4.78 is 0. The van der Waals surface area contributed by atoms with Crippen molar-refractivity contribution < 1.29 is 9.90 Å². The van der Waals surface area contributed by atoms with Crippen molar-refractivity contribution in [2.24, 2.45) is 5.41 Å². The molecule has 0 saturated heterocycles. The minimum absolute atomic E-state index is 0.0681. The largest absolute Gasteiger partial charge is 0.478 e. The third kappa shape index (κ3) is 4.36. The molecule has 1 aromatic carbocycles. The van der Waals surface area contributed by atoms with Crippen molar-refractivity contribution in [3.05, 3.63) is 41.0 Å². The summed E-state index contributed by atoms with van der Waals surface area (Å²) in [6.07, 6.45) is 2.09. The summed E-state index contributed by atoms with van der Waals surface area (Å²) >= 11 is 0. The Labute approximate surface area is 109 Å². The van der Waals surface area contributed by atoms with Crippen LogP contribution in [0.1, 0.15) is 43.9 Å². The Hall–Kier alpha value is -1.57. The van der Waals surface area contributed by atoms with Crippen LogP contribution in [-0.2, 0) is 4.79 Å². The number of carbonyl (C=O) groups is 1. The smallest absolute Gasteiger partial charge is 0.328 e. The molecule has 0 aliphatic carbocycles. The van der Waals surface area contributed by atoms with E-state index in [9.17, 15) is 4.79 Å². The van der Waals surface area contributed by atoms with Gasteiger partial charge in [0.1, 0.15) is 0 Å². The molecule has 1 N–H and O–H groups in total. The quantitative estimate of drug-likeness (QED) is 0.811. The highest BCUT2D eigenvalue weighted by Crippen LogP contribution is 2.32. The van der Waals surface area contributed by atoms with Gasteiger partial charge in [0.15, 0.2) is 0 Å². The van der Waals surface area contributed by atoms with Gasteiger partial charge in [0.05, 0.1) is 0 Å². The van der Waals surface area contributed by atoms with Crippen LogP contribution in [0.15, 0.2) is 24.3 Å². The molecule has 0 aliphatic rings. The molecule has 2 nitrogen and oxygen atoms in total. The van der Waals surface area contributed by atoms with Crippen LogP contribution in [0.3, 0.4) is 0 Å². The number of hydrogen-bond donors (Lipinski definition) is 1. The molecule has 18 heavy (non-hydrogen) atoms. The lowest BCUT2D eigenvalue weighted by atomic mass is 9.83. The van der Waals surface area contributed by atoms with E-state index in [0.717, 1.165) is 23.1 Å². The zero-order chi connectivity index (χ0) is 13.9. The summed E-state index contributed by atoms with van der Waals surface area (Å²) in [5.41, 5.74) is 4.33. The zero-order valence-electron chi connectivity index (χ0n) is 11.9. The average Bonchev–Trinajstić information content (AvgIpc) is 2.12. The highest BCUT2D eigenvalue weighted by molar-refractivity contribution is 5.90. The van der Waals surface area contributed by atoms with Crippen molar-refractivity contribution in [3.63, 3.8) is 0 Å². The molecule has 0 bridgehead atoms. The van der Waals surface area contributed by atoms with E-state index < -0.39 is 5.97 Å². The van der Waals surface area contributed by atoms with Gasteiger partial charge in [-0.25, -0.2) is 4.79 Å². The minimum atomic E-state index is -0.880. The lowest BCUT2D eigenvalue weighted by Gasteiger charge is -2.21. The molecule has 0 unspecified atom stereocenters. The molecule has 98 valence electrons. The summed E-state index contributed by atoms with van der Waals surface area (Å²) in [4.78, 5) is 11.0. The van der Waals surface area contributed by atoms with Crippen LogP contribution in [0.2, 0.25) is 0 Å². The Morgan fingerprint density at radius 1 is 1.28 bits per heavy atom. The number of aryl methyl sites for hydroxylation is 2. The van der Waals surface area contributed by atoms with Crippen molar-refractivity contribution in [2.75, 3.05) is 0 Å². The highest BCUT2D eigenvalue weighted by atomic mass is 16.4. The average molecular weight is 246 g/mol. The molecular weight excluding hydrogens is 224 g/mol. The second-order valence-corrected chi connectivity index (χ2v) is 6.06. The second-order valence-electron chi connectivity index (χ2n) is 6.06. The van der Waals surface area contributed by atoms with E-state index in [-0.39, 0.29) is 5.41 Å². The van der Waals surface area contributed by atoms with Crippen molar-refractivity contribution in [2.45, 2.75) is 41.0 Å². The molecule has 0 aliphatic heterocycles. The van der Waals surface area contributed by atoms with E-state index in [2.05, 4.69) is 26.8 Å². The van der Waals surface area contributed by atoms with Gasteiger partial charge in [-0.1, -0.05) is 44.5 Å². The maximum atomic E-state index is 11.0. The van der Waals surface area contributed by atoms with Gasteiger partial charge in [0.2, 0.25) is 0 Å². The normalized spacial score (nSPS) is 12.6. The molecule has 0 fully saturated rings. The number of carboxylic acids is 1. The summed E-state index contributed by atoms with van der Waals surface area (Å²) in [7, 11) is 0. The van der Waals surface area contributed by atoms with Gasteiger partial charge in [0.25, 0.3) is 0 Å². The Kier molecular flexibility index (Phi) is 4.33. The minimum Gasteiger partial charge on any atom is -0.478 e. The fourth-order valence-electron chi connectivity index (χ4n) is 2.12. The van der Waals surface area contributed by atoms with Crippen molar-refractivity contribution >= 4 is 11.5 Å². The lowest BCUT2D eigenvalue weighted by molar-refractivity contribution is -0.131. The van der Waals surface area contributed by atoms with E-state index >= 15 is 0 Å². The van der Waals surface area contributed by atoms with Crippen LogP contribution >= 0.6 is 0 Å². The van der Waals surface area contributed by atoms with E-state index in [0.29, 0.717) is 0 Å². The number of allylic oxidation sites excluding steroid dienone is 1. The number of benzene rings is 1. The van der Waals surface area contributed by atoms with Crippen LogP contribution in [0.5, 0.6) is 0 Å². The van der Waals surface area contributed by atoms with E-state index in [1.807, 2.05) is 26.0 Å². The van der Waals surface area contributed by atoms with Gasteiger partial charge < -0.3 is 5.11 Å². The summed E-state index contributed by atoms with van der Waals surface area (Å²) in [6.45, 7) is 10.4. The monoisotopic (exact) mass is 246 g/mol. The number of carboxylic acid groups (broad SMARTS) is 1. The van der Waals surface area contributed by atoms with Crippen LogP contribution in [0.4, 0.5) is 0 Å². The molecule has 1 aromatic rings.